The van der Waals surface area contributed by atoms with E-state index in [9.17, 15) is 4.79 Å². The van der Waals surface area contributed by atoms with E-state index in [-0.39, 0.29) is 12.5 Å². The molecule has 0 fully saturated rings. The molecule has 5 nitrogen and oxygen atoms in total. The van der Waals surface area contributed by atoms with Gasteiger partial charge >= 0.3 is 0 Å². The number of nitrogens with one attached hydrogen (secondary N) is 2. The molecular formula is C19H18Br2N4O. The molecule has 0 aliphatic carbocycles. The molecule has 2 aromatic carbocycles. The van der Waals surface area contributed by atoms with Crippen molar-refractivity contribution in [2.75, 3.05) is 17.2 Å². The van der Waals surface area contributed by atoms with Gasteiger partial charge in [0.1, 0.15) is 0 Å². The van der Waals surface area contributed by atoms with Gasteiger partial charge in [-0.3, -0.25) is 4.79 Å². The molecule has 0 aliphatic heterocycles. The van der Waals surface area contributed by atoms with Gasteiger partial charge in [-0.15, -0.1) is 0 Å². The van der Waals surface area contributed by atoms with Gasteiger partial charge in [0.15, 0.2) is 0 Å². The number of hydrogen-bond acceptors (Lipinski definition) is 3. The summed E-state index contributed by atoms with van der Waals surface area (Å²) in [5.74, 6) is -0.126. The number of amides is 1. The lowest BCUT2D eigenvalue weighted by atomic mass is 10.3. The van der Waals surface area contributed by atoms with Crippen molar-refractivity contribution in [3.63, 3.8) is 0 Å². The summed E-state index contributed by atoms with van der Waals surface area (Å²) in [5.41, 5.74) is 4.24. The van der Waals surface area contributed by atoms with E-state index < -0.39 is 0 Å². The van der Waals surface area contributed by atoms with E-state index in [4.69, 9.17) is 0 Å². The topological polar surface area (TPSA) is 59.0 Å². The van der Waals surface area contributed by atoms with Crippen LogP contribution >= 0.6 is 31.9 Å². The van der Waals surface area contributed by atoms with Crippen LogP contribution < -0.4 is 10.6 Å². The molecule has 2 N–H and O–H groups in total. The van der Waals surface area contributed by atoms with Crippen LogP contribution in [0.4, 0.5) is 11.4 Å². The molecule has 134 valence electrons. The van der Waals surface area contributed by atoms with Crippen LogP contribution in [-0.4, -0.2) is 22.2 Å². The smallest absolute Gasteiger partial charge is 0.243 e. The van der Waals surface area contributed by atoms with E-state index in [2.05, 4.69) is 47.6 Å². The Morgan fingerprint density at radius 1 is 1.12 bits per heavy atom. The highest BCUT2D eigenvalue weighted by molar-refractivity contribution is 9.11. The van der Waals surface area contributed by atoms with Gasteiger partial charge in [-0.2, -0.15) is 5.10 Å². The molecule has 3 aromatic rings. The molecule has 0 radical (unpaired) electrons. The van der Waals surface area contributed by atoms with Crippen LogP contribution in [0.2, 0.25) is 0 Å². The zero-order valence-corrected chi connectivity index (χ0v) is 17.6. The lowest BCUT2D eigenvalue weighted by Gasteiger charge is -2.10. The molecule has 0 atom stereocenters. The molecule has 0 saturated heterocycles. The Morgan fingerprint density at radius 2 is 1.85 bits per heavy atom. The fourth-order valence-electron chi connectivity index (χ4n) is 2.64. The lowest BCUT2D eigenvalue weighted by molar-refractivity contribution is -0.114. The molecule has 1 amide bonds. The molecule has 0 saturated carbocycles. The van der Waals surface area contributed by atoms with Crippen LogP contribution in [0.5, 0.6) is 0 Å². The number of para-hydroxylation sites is 1. The number of halogens is 2. The summed E-state index contributed by atoms with van der Waals surface area (Å²) in [6.45, 7) is 4.00. The van der Waals surface area contributed by atoms with Gasteiger partial charge in [0.25, 0.3) is 0 Å². The predicted molar refractivity (Wildman–Crippen MR) is 112 cm³/mol. The van der Waals surface area contributed by atoms with Gasteiger partial charge in [0.2, 0.25) is 5.91 Å². The highest BCUT2D eigenvalue weighted by Gasteiger charge is 2.15. The highest BCUT2D eigenvalue weighted by Crippen LogP contribution is 2.26. The Bertz CT molecular complexity index is 938. The Hall–Kier alpha value is -2.12. The van der Waals surface area contributed by atoms with Crippen molar-refractivity contribution >= 4 is 49.1 Å². The van der Waals surface area contributed by atoms with Crippen LogP contribution in [0.15, 0.2) is 57.5 Å². The average molecular weight is 478 g/mol. The summed E-state index contributed by atoms with van der Waals surface area (Å²) < 4.78 is 3.70. The van der Waals surface area contributed by atoms with Crippen molar-refractivity contribution in [1.29, 1.82) is 0 Å². The zero-order chi connectivity index (χ0) is 18.7. The minimum absolute atomic E-state index is 0.126. The third-order valence-corrected chi connectivity index (χ3v) is 5.08. The number of hydrogen-bond donors (Lipinski definition) is 2. The molecule has 0 spiro atoms. The summed E-state index contributed by atoms with van der Waals surface area (Å²) in [6.07, 6.45) is 0. The Labute approximate surface area is 169 Å². The van der Waals surface area contributed by atoms with Crippen molar-refractivity contribution in [3.8, 4) is 5.69 Å². The van der Waals surface area contributed by atoms with Crippen LogP contribution in [0.25, 0.3) is 5.69 Å². The predicted octanol–water partition coefficient (Wildman–Crippen LogP) is 5.06. The number of carbonyl (C=O) groups excluding carboxylic acids is 1. The summed E-state index contributed by atoms with van der Waals surface area (Å²) in [6, 6.07) is 15.6. The second-order valence-electron chi connectivity index (χ2n) is 5.82. The maximum atomic E-state index is 12.4. The van der Waals surface area contributed by atoms with E-state index in [0.29, 0.717) is 0 Å². The summed E-state index contributed by atoms with van der Waals surface area (Å²) in [5, 5.41) is 10.6. The standard InChI is InChI=1S/C19H18Br2N4O/c1-12-19(13(2)25(24-12)15-6-4-3-5-7-15)23-18(26)11-22-17-9-8-14(20)10-16(17)21/h3-10,22H,11H2,1-2H3,(H,23,26). The minimum atomic E-state index is -0.126. The third kappa shape index (κ3) is 4.16. The van der Waals surface area contributed by atoms with E-state index in [1.807, 2.05) is 67.1 Å². The number of rotatable bonds is 5. The van der Waals surface area contributed by atoms with Gasteiger partial charge in [0, 0.05) is 14.6 Å². The number of benzene rings is 2. The normalized spacial score (nSPS) is 10.6. The van der Waals surface area contributed by atoms with E-state index in [1.165, 1.54) is 0 Å². The molecule has 7 heteroatoms. The van der Waals surface area contributed by atoms with Crippen molar-refractivity contribution in [2.24, 2.45) is 0 Å². The molecule has 1 aromatic heterocycles. The van der Waals surface area contributed by atoms with Gasteiger partial charge in [-0.1, -0.05) is 34.1 Å². The summed E-state index contributed by atoms with van der Waals surface area (Å²) in [7, 11) is 0. The van der Waals surface area contributed by atoms with Crippen LogP contribution in [0, 0.1) is 13.8 Å². The molecular weight excluding hydrogens is 460 g/mol. The van der Waals surface area contributed by atoms with Gasteiger partial charge in [0.05, 0.1) is 29.3 Å². The van der Waals surface area contributed by atoms with E-state index in [1.54, 1.807) is 0 Å². The number of carbonyl (C=O) groups is 1. The SMILES string of the molecule is Cc1nn(-c2ccccc2)c(C)c1NC(=O)CNc1ccc(Br)cc1Br. The van der Waals surface area contributed by atoms with Crippen molar-refractivity contribution in [2.45, 2.75) is 13.8 Å². The molecule has 0 bridgehead atoms. The average Bonchev–Trinajstić information content (AvgIpc) is 2.90. The van der Waals surface area contributed by atoms with Crippen LogP contribution in [0.1, 0.15) is 11.4 Å². The highest BCUT2D eigenvalue weighted by atomic mass is 79.9. The van der Waals surface area contributed by atoms with Gasteiger partial charge in [-0.05, 0) is 60.1 Å². The third-order valence-electron chi connectivity index (χ3n) is 3.93. The first-order valence-electron chi connectivity index (χ1n) is 8.06. The fourth-order valence-corrected chi connectivity index (χ4v) is 3.82. The number of aromatic nitrogens is 2. The van der Waals surface area contributed by atoms with Gasteiger partial charge in [-0.25, -0.2) is 4.68 Å². The van der Waals surface area contributed by atoms with Crippen LogP contribution in [0.3, 0.4) is 0 Å². The first kappa shape index (κ1) is 18.7. The Balaban J connectivity index is 1.71. The molecule has 0 unspecified atom stereocenters. The quantitative estimate of drug-likeness (QED) is 0.539. The Morgan fingerprint density at radius 3 is 2.54 bits per heavy atom. The maximum absolute atomic E-state index is 12.4. The number of anilines is 2. The minimum Gasteiger partial charge on any atom is -0.375 e. The fraction of sp³-hybridized carbons (Fsp3) is 0.158. The van der Waals surface area contributed by atoms with Crippen LogP contribution in [-0.2, 0) is 4.79 Å². The van der Waals surface area contributed by atoms with Crippen molar-refractivity contribution in [3.05, 3.63) is 68.9 Å². The maximum Gasteiger partial charge on any atom is 0.243 e. The molecule has 0 aliphatic rings. The molecule has 3 rings (SSSR count). The van der Waals surface area contributed by atoms with Gasteiger partial charge < -0.3 is 10.6 Å². The lowest BCUT2D eigenvalue weighted by Crippen LogP contribution is -2.22. The molecule has 26 heavy (non-hydrogen) atoms. The van der Waals surface area contributed by atoms with E-state index >= 15 is 0 Å². The first-order valence-corrected chi connectivity index (χ1v) is 9.64. The summed E-state index contributed by atoms with van der Waals surface area (Å²) >= 11 is 6.89. The van der Waals surface area contributed by atoms with Crippen molar-refractivity contribution in [1.82, 2.24) is 9.78 Å². The zero-order valence-electron chi connectivity index (χ0n) is 14.4. The second-order valence-corrected chi connectivity index (χ2v) is 7.59. The largest absolute Gasteiger partial charge is 0.375 e. The summed E-state index contributed by atoms with van der Waals surface area (Å²) in [4.78, 5) is 12.4. The van der Waals surface area contributed by atoms with Crippen molar-refractivity contribution < 1.29 is 4.79 Å². The monoisotopic (exact) mass is 476 g/mol. The van der Waals surface area contributed by atoms with E-state index in [0.717, 1.165) is 37.4 Å². The number of nitrogens with zero attached hydrogens (tertiary/aromatic N) is 2. The number of aryl methyl sites for hydroxylation is 1. The molecule has 1 heterocycles. The Kier molecular flexibility index (Phi) is 5.78. The first-order chi connectivity index (χ1) is 12.5. The second kappa shape index (κ2) is 8.05.